The molecule has 1 saturated heterocycles. The summed E-state index contributed by atoms with van der Waals surface area (Å²) in [5.41, 5.74) is -0.0480. The fraction of sp³-hybridized carbons (Fsp3) is 0.273. The van der Waals surface area contributed by atoms with Crippen molar-refractivity contribution in [2.45, 2.75) is 6.42 Å². The zero-order valence-electron chi connectivity index (χ0n) is 9.28. The lowest BCUT2D eigenvalue weighted by Gasteiger charge is -2.15. The number of benzene rings is 1. The number of rotatable bonds is 3. The van der Waals surface area contributed by atoms with E-state index >= 15 is 0 Å². The molecule has 1 aliphatic rings. The Hall–Kier alpha value is -2.44. The molecule has 1 N–H and O–H groups in total. The summed E-state index contributed by atoms with van der Waals surface area (Å²) in [6.07, 6.45) is -0.124. The van der Waals surface area contributed by atoms with Crippen molar-refractivity contribution in [3.8, 4) is 0 Å². The zero-order valence-corrected chi connectivity index (χ0v) is 9.28. The Morgan fingerprint density at radius 1 is 1.44 bits per heavy atom. The number of carbonyl (C=O) groups is 2. The molecule has 1 unspecified atom stereocenters. The highest BCUT2D eigenvalue weighted by Crippen LogP contribution is 2.32. The molecule has 1 atom stereocenters. The monoisotopic (exact) mass is 250 g/mol. The van der Waals surface area contributed by atoms with Crippen molar-refractivity contribution in [3.63, 3.8) is 0 Å². The highest BCUT2D eigenvalue weighted by atomic mass is 16.6. The highest BCUT2D eigenvalue weighted by Gasteiger charge is 2.37. The zero-order chi connectivity index (χ0) is 13.3. The predicted molar refractivity (Wildman–Crippen MR) is 61.2 cm³/mol. The Kier molecular flexibility index (Phi) is 2.97. The summed E-state index contributed by atoms with van der Waals surface area (Å²) < 4.78 is 0. The van der Waals surface area contributed by atoms with Gasteiger partial charge in [0.05, 0.1) is 10.8 Å². The van der Waals surface area contributed by atoms with Crippen molar-refractivity contribution in [2.75, 3.05) is 11.4 Å². The lowest BCUT2D eigenvalue weighted by molar-refractivity contribution is -0.384. The lowest BCUT2D eigenvalue weighted by Crippen LogP contribution is -2.26. The summed E-state index contributed by atoms with van der Waals surface area (Å²) in [6, 6.07) is 5.80. The van der Waals surface area contributed by atoms with Gasteiger partial charge < -0.3 is 10.0 Å². The van der Waals surface area contributed by atoms with Gasteiger partial charge in [0, 0.05) is 19.0 Å². The first kappa shape index (κ1) is 12.0. The molecule has 1 aromatic carbocycles. The average molecular weight is 250 g/mol. The Bertz CT molecular complexity index is 528. The number of para-hydroxylation sites is 2. The minimum absolute atomic E-state index is 0.0288. The molecule has 1 fully saturated rings. The van der Waals surface area contributed by atoms with Gasteiger partial charge in [-0.2, -0.15) is 0 Å². The summed E-state index contributed by atoms with van der Waals surface area (Å²) in [4.78, 5) is 34.0. The molecule has 94 valence electrons. The molecule has 0 spiro atoms. The molecular formula is C11H10N2O5. The van der Waals surface area contributed by atoms with E-state index in [9.17, 15) is 19.7 Å². The molecule has 7 heteroatoms. The summed E-state index contributed by atoms with van der Waals surface area (Å²) >= 11 is 0. The van der Waals surface area contributed by atoms with E-state index < -0.39 is 22.7 Å². The molecule has 1 heterocycles. The van der Waals surface area contributed by atoms with Crippen LogP contribution in [0.15, 0.2) is 24.3 Å². The van der Waals surface area contributed by atoms with Gasteiger partial charge in [-0.15, -0.1) is 0 Å². The van der Waals surface area contributed by atoms with Crippen LogP contribution in [-0.4, -0.2) is 28.5 Å². The second-order valence-electron chi connectivity index (χ2n) is 3.99. The average Bonchev–Trinajstić information content (AvgIpc) is 2.71. The van der Waals surface area contributed by atoms with Crippen molar-refractivity contribution in [1.29, 1.82) is 0 Å². The van der Waals surface area contributed by atoms with E-state index in [1.54, 1.807) is 6.07 Å². The van der Waals surface area contributed by atoms with Crippen LogP contribution in [0.2, 0.25) is 0 Å². The van der Waals surface area contributed by atoms with Crippen molar-refractivity contribution in [1.82, 2.24) is 0 Å². The maximum absolute atomic E-state index is 11.7. The number of aliphatic carboxylic acids is 1. The number of anilines is 1. The molecule has 0 aromatic heterocycles. The summed E-state index contributed by atoms with van der Waals surface area (Å²) in [6.45, 7) is -0.0288. The second kappa shape index (κ2) is 4.44. The van der Waals surface area contributed by atoms with Crippen LogP contribution in [0.5, 0.6) is 0 Å². The Labute approximate surface area is 102 Å². The minimum atomic E-state index is -1.07. The Morgan fingerprint density at radius 2 is 2.11 bits per heavy atom. The van der Waals surface area contributed by atoms with Crippen LogP contribution in [0.4, 0.5) is 11.4 Å². The number of amides is 1. The fourth-order valence-corrected chi connectivity index (χ4v) is 1.95. The van der Waals surface area contributed by atoms with Crippen LogP contribution >= 0.6 is 0 Å². The van der Waals surface area contributed by atoms with Gasteiger partial charge in [-0.1, -0.05) is 12.1 Å². The van der Waals surface area contributed by atoms with Crippen LogP contribution in [0, 0.1) is 16.0 Å². The van der Waals surface area contributed by atoms with E-state index in [1.807, 2.05) is 0 Å². The largest absolute Gasteiger partial charge is 0.481 e. The topological polar surface area (TPSA) is 101 Å². The van der Waals surface area contributed by atoms with Crippen molar-refractivity contribution in [3.05, 3.63) is 34.4 Å². The smallest absolute Gasteiger partial charge is 0.308 e. The van der Waals surface area contributed by atoms with E-state index in [1.165, 1.54) is 18.2 Å². The van der Waals surface area contributed by atoms with E-state index in [2.05, 4.69) is 0 Å². The van der Waals surface area contributed by atoms with Crippen molar-refractivity contribution in [2.24, 2.45) is 5.92 Å². The molecule has 0 radical (unpaired) electrons. The van der Waals surface area contributed by atoms with Crippen LogP contribution in [0.25, 0.3) is 0 Å². The number of hydrogen-bond acceptors (Lipinski definition) is 4. The Balaban J connectivity index is 2.35. The molecule has 0 aliphatic carbocycles. The first-order valence-corrected chi connectivity index (χ1v) is 5.27. The van der Waals surface area contributed by atoms with Gasteiger partial charge >= 0.3 is 5.97 Å². The molecule has 1 aliphatic heterocycles. The van der Waals surface area contributed by atoms with E-state index in [0.29, 0.717) is 0 Å². The maximum atomic E-state index is 11.7. The lowest BCUT2D eigenvalue weighted by atomic mass is 10.1. The third kappa shape index (κ3) is 2.02. The van der Waals surface area contributed by atoms with Crippen molar-refractivity contribution < 1.29 is 19.6 Å². The minimum Gasteiger partial charge on any atom is -0.481 e. The maximum Gasteiger partial charge on any atom is 0.308 e. The van der Waals surface area contributed by atoms with Gasteiger partial charge in [0.25, 0.3) is 5.69 Å². The molecule has 7 nitrogen and oxygen atoms in total. The van der Waals surface area contributed by atoms with Crippen LogP contribution < -0.4 is 4.90 Å². The standard InChI is InChI=1S/C11H10N2O5/c14-10-5-7(11(15)16)6-12(10)8-3-1-2-4-9(8)13(17)18/h1-4,7H,5-6H2,(H,15,16). The number of carboxylic acids is 1. The fourth-order valence-electron chi connectivity index (χ4n) is 1.95. The van der Waals surface area contributed by atoms with Gasteiger partial charge in [0.2, 0.25) is 5.91 Å². The third-order valence-corrected chi connectivity index (χ3v) is 2.84. The number of carbonyl (C=O) groups excluding carboxylic acids is 1. The van der Waals surface area contributed by atoms with Gasteiger partial charge in [-0.05, 0) is 6.07 Å². The molecule has 2 rings (SSSR count). The SMILES string of the molecule is O=C(O)C1CC(=O)N(c2ccccc2[N+](=O)[O-])C1. The molecule has 1 aromatic rings. The van der Waals surface area contributed by atoms with Gasteiger partial charge in [-0.3, -0.25) is 19.7 Å². The summed E-state index contributed by atoms with van der Waals surface area (Å²) in [5.74, 6) is -2.28. The van der Waals surface area contributed by atoms with Gasteiger partial charge in [-0.25, -0.2) is 0 Å². The van der Waals surface area contributed by atoms with E-state index in [0.717, 1.165) is 4.90 Å². The van der Waals surface area contributed by atoms with E-state index in [-0.39, 0.29) is 24.3 Å². The van der Waals surface area contributed by atoms with Crippen LogP contribution in [-0.2, 0) is 9.59 Å². The first-order chi connectivity index (χ1) is 8.50. The normalized spacial score (nSPS) is 19.0. The Morgan fingerprint density at radius 3 is 2.67 bits per heavy atom. The quantitative estimate of drug-likeness (QED) is 0.637. The third-order valence-electron chi connectivity index (χ3n) is 2.84. The molecule has 1 amide bonds. The molecule has 0 bridgehead atoms. The predicted octanol–water partition coefficient (Wildman–Crippen LogP) is 1.03. The van der Waals surface area contributed by atoms with Gasteiger partial charge in [0.1, 0.15) is 5.69 Å². The molecule has 0 saturated carbocycles. The number of hydrogen-bond donors (Lipinski definition) is 1. The number of carboxylic acid groups (broad SMARTS) is 1. The first-order valence-electron chi connectivity index (χ1n) is 5.27. The number of nitrogens with zero attached hydrogens (tertiary/aromatic N) is 2. The second-order valence-corrected chi connectivity index (χ2v) is 3.99. The van der Waals surface area contributed by atoms with Crippen LogP contribution in [0.3, 0.4) is 0 Å². The summed E-state index contributed by atoms with van der Waals surface area (Å²) in [5, 5.41) is 19.7. The summed E-state index contributed by atoms with van der Waals surface area (Å²) in [7, 11) is 0. The number of nitro groups is 1. The van der Waals surface area contributed by atoms with Crippen LogP contribution in [0.1, 0.15) is 6.42 Å². The van der Waals surface area contributed by atoms with Gasteiger partial charge in [0.15, 0.2) is 0 Å². The number of nitro benzene ring substituents is 1. The molecular weight excluding hydrogens is 240 g/mol. The highest BCUT2D eigenvalue weighted by molar-refractivity contribution is 6.00. The van der Waals surface area contributed by atoms with E-state index in [4.69, 9.17) is 5.11 Å². The van der Waals surface area contributed by atoms with Crippen molar-refractivity contribution >= 4 is 23.3 Å². The molecule has 18 heavy (non-hydrogen) atoms.